The maximum absolute atomic E-state index is 12.7. The zero-order valence-electron chi connectivity index (χ0n) is 14.4. The van der Waals surface area contributed by atoms with Gasteiger partial charge in [0, 0.05) is 24.7 Å². The van der Waals surface area contributed by atoms with E-state index in [1.54, 1.807) is 10.3 Å². The second kappa shape index (κ2) is 7.62. The summed E-state index contributed by atoms with van der Waals surface area (Å²) < 4.78 is 32.9. The first kappa shape index (κ1) is 19.3. The van der Waals surface area contributed by atoms with E-state index in [1.807, 2.05) is 0 Å². The van der Waals surface area contributed by atoms with Crippen molar-refractivity contribution in [3.05, 3.63) is 50.2 Å². The molecule has 144 valence electrons. The Morgan fingerprint density at radius 1 is 1.30 bits per heavy atom. The fourth-order valence-corrected chi connectivity index (χ4v) is 4.59. The molecule has 11 heteroatoms. The number of nitro benzene ring substituents is 1. The Morgan fingerprint density at radius 3 is 2.67 bits per heavy atom. The van der Waals surface area contributed by atoms with E-state index in [2.05, 4.69) is 4.72 Å². The van der Waals surface area contributed by atoms with Crippen LogP contribution in [-0.4, -0.2) is 50.5 Å². The summed E-state index contributed by atoms with van der Waals surface area (Å²) in [5.74, 6) is -0.277. The number of carbonyl (C=O) groups is 1. The van der Waals surface area contributed by atoms with Crippen molar-refractivity contribution in [3.8, 4) is 0 Å². The highest BCUT2D eigenvalue weighted by molar-refractivity contribution is 7.92. The SMILES string of the molecule is Cc1ccc(S(=O)(=O)Nc2ccsc2C(=O)N2CCOCC2)cc1[N+](=O)[O-]. The summed E-state index contributed by atoms with van der Waals surface area (Å²) in [4.78, 5) is 24.7. The van der Waals surface area contributed by atoms with Gasteiger partial charge in [0.2, 0.25) is 0 Å². The first-order valence-corrected chi connectivity index (χ1v) is 10.4. The molecule has 1 aliphatic rings. The second-order valence-electron chi connectivity index (χ2n) is 5.88. The summed E-state index contributed by atoms with van der Waals surface area (Å²) in [6.45, 7) is 3.27. The van der Waals surface area contributed by atoms with Crippen molar-refractivity contribution in [2.75, 3.05) is 31.0 Å². The molecule has 0 spiro atoms. The van der Waals surface area contributed by atoms with E-state index in [0.717, 1.165) is 17.4 Å². The van der Waals surface area contributed by atoms with Crippen molar-refractivity contribution in [1.29, 1.82) is 0 Å². The van der Waals surface area contributed by atoms with E-state index in [9.17, 15) is 23.3 Å². The lowest BCUT2D eigenvalue weighted by atomic mass is 10.2. The van der Waals surface area contributed by atoms with Gasteiger partial charge in [-0.2, -0.15) is 0 Å². The molecule has 0 atom stereocenters. The summed E-state index contributed by atoms with van der Waals surface area (Å²) in [7, 11) is -4.09. The number of benzene rings is 1. The van der Waals surface area contributed by atoms with Gasteiger partial charge in [-0.05, 0) is 24.4 Å². The first-order valence-electron chi connectivity index (χ1n) is 8.02. The number of hydrogen-bond donors (Lipinski definition) is 1. The van der Waals surface area contributed by atoms with Gasteiger partial charge in [-0.3, -0.25) is 19.6 Å². The van der Waals surface area contributed by atoms with E-state index in [-0.39, 0.29) is 27.1 Å². The minimum Gasteiger partial charge on any atom is -0.378 e. The van der Waals surface area contributed by atoms with Gasteiger partial charge in [-0.1, -0.05) is 6.07 Å². The van der Waals surface area contributed by atoms with Crippen molar-refractivity contribution in [2.24, 2.45) is 0 Å². The molecule has 3 rings (SSSR count). The Bertz CT molecular complexity index is 980. The average molecular weight is 411 g/mol. The zero-order chi connectivity index (χ0) is 19.6. The van der Waals surface area contributed by atoms with E-state index < -0.39 is 14.9 Å². The molecule has 0 bridgehead atoms. The van der Waals surface area contributed by atoms with E-state index in [4.69, 9.17) is 4.74 Å². The Labute approximate surface area is 159 Å². The number of thiophene rings is 1. The van der Waals surface area contributed by atoms with Gasteiger partial charge in [0.1, 0.15) is 4.88 Å². The second-order valence-corrected chi connectivity index (χ2v) is 8.48. The number of anilines is 1. The Balaban J connectivity index is 1.87. The van der Waals surface area contributed by atoms with Crippen LogP contribution in [0, 0.1) is 17.0 Å². The highest BCUT2D eigenvalue weighted by Crippen LogP contribution is 2.28. The molecule has 9 nitrogen and oxygen atoms in total. The van der Waals surface area contributed by atoms with Crippen molar-refractivity contribution in [1.82, 2.24) is 4.90 Å². The van der Waals surface area contributed by atoms with Crippen LogP contribution in [0.1, 0.15) is 15.2 Å². The smallest absolute Gasteiger partial charge is 0.273 e. The van der Waals surface area contributed by atoms with Gasteiger partial charge in [-0.15, -0.1) is 11.3 Å². The van der Waals surface area contributed by atoms with Crippen LogP contribution in [0.3, 0.4) is 0 Å². The lowest BCUT2D eigenvalue weighted by Gasteiger charge is -2.26. The van der Waals surface area contributed by atoms with Crippen molar-refractivity contribution in [3.63, 3.8) is 0 Å². The molecule has 1 fully saturated rings. The number of nitrogens with one attached hydrogen (secondary N) is 1. The highest BCUT2D eigenvalue weighted by Gasteiger charge is 2.26. The third kappa shape index (κ3) is 4.10. The van der Waals surface area contributed by atoms with Crippen LogP contribution in [0.15, 0.2) is 34.5 Å². The fraction of sp³-hybridized carbons (Fsp3) is 0.312. The van der Waals surface area contributed by atoms with Crippen LogP contribution in [0.4, 0.5) is 11.4 Å². The molecule has 27 heavy (non-hydrogen) atoms. The quantitative estimate of drug-likeness (QED) is 0.595. The van der Waals surface area contributed by atoms with Gasteiger partial charge in [-0.25, -0.2) is 8.42 Å². The van der Waals surface area contributed by atoms with Gasteiger partial charge < -0.3 is 9.64 Å². The van der Waals surface area contributed by atoms with E-state index >= 15 is 0 Å². The van der Waals surface area contributed by atoms with Crippen molar-refractivity contribution >= 4 is 38.6 Å². The maximum atomic E-state index is 12.7. The van der Waals surface area contributed by atoms with Gasteiger partial charge in [0.25, 0.3) is 21.6 Å². The summed E-state index contributed by atoms with van der Waals surface area (Å²) in [6.07, 6.45) is 0. The largest absolute Gasteiger partial charge is 0.378 e. The topological polar surface area (TPSA) is 119 Å². The molecule has 0 aliphatic carbocycles. The summed E-state index contributed by atoms with van der Waals surface area (Å²) in [5, 5.41) is 12.7. The van der Waals surface area contributed by atoms with Gasteiger partial charge >= 0.3 is 0 Å². The monoisotopic (exact) mass is 411 g/mol. The first-order chi connectivity index (χ1) is 12.8. The summed E-state index contributed by atoms with van der Waals surface area (Å²) in [6, 6.07) is 5.17. The minimum absolute atomic E-state index is 0.153. The van der Waals surface area contributed by atoms with Crippen LogP contribution < -0.4 is 4.72 Å². The number of morpholine rings is 1. The molecule has 1 amide bonds. The molecule has 2 aromatic rings. The normalized spacial score (nSPS) is 14.8. The number of rotatable bonds is 5. The lowest BCUT2D eigenvalue weighted by molar-refractivity contribution is -0.385. The number of amides is 1. The van der Waals surface area contributed by atoms with Crippen LogP contribution in [-0.2, 0) is 14.8 Å². The van der Waals surface area contributed by atoms with Crippen LogP contribution in [0.5, 0.6) is 0 Å². The third-order valence-corrected chi connectivity index (χ3v) is 6.36. The number of hydrogen-bond acceptors (Lipinski definition) is 7. The molecule has 1 N–H and O–H groups in total. The van der Waals surface area contributed by atoms with Gasteiger partial charge in [0.15, 0.2) is 0 Å². The number of ether oxygens (including phenoxy) is 1. The van der Waals surface area contributed by atoms with Crippen LogP contribution >= 0.6 is 11.3 Å². The molecule has 1 aliphatic heterocycles. The maximum Gasteiger partial charge on any atom is 0.273 e. The van der Waals surface area contributed by atoms with Gasteiger partial charge in [0.05, 0.1) is 28.7 Å². The van der Waals surface area contributed by atoms with E-state index in [0.29, 0.717) is 31.9 Å². The Morgan fingerprint density at radius 2 is 2.00 bits per heavy atom. The summed E-state index contributed by atoms with van der Waals surface area (Å²) >= 11 is 1.13. The number of nitrogens with zero attached hydrogens (tertiary/aromatic N) is 2. The molecular formula is C16H17N3O6S2. The molecule has 1 saturated heterocycles. The Kier molecular flexibility index (Phi) is 5.44. The predicted octanol–water partition coefficient (Wildman–Crippen LogP) is 2.24. The number of nitro groups is 1. The molecule has 1 aromatic carbocycles. The molecule has 0 saturated carbocycles. The van der Waals surface area contributed by atoms with Crippen LogP contribution in [0.2, 0.25) is 0 Å². The number of aryl methyl sites for hydroxylation is 1. The number of carbonyl (C=O) groups excluding carboxylic acids is 1. The Hall–Kier alpha value is -2.50. The van der Waals surface area contributed by atoms with Crippen LogP contribution in [0.25, 0.3) is 0 Å². The predicted molar refractivity (Wildman–Crippen MR) is 99.7 cm³/mol. The van der Waals surface area contributed by atoms with E-state index in [1.165, 1.54) is 25.1 Å². The average Bonchev–Trinajstić information content (AvgIpc) is 3.09. The minimum atomic E-state index is -4.09. The third-order valence-electron chi connectivity index (χ3n) is 4.09. The molecular weight excluding hydrogens is 394 g/mol. The molecule has 0 unspecified atom stereocenters. The fourth-order valence-electron chi connectivity index (χ4n) is 2.62. The molecule has 0 radical (unpaired) electrons. The van der Waals surface area contributed by atoms with Crippen molar-refractivity contribution < 1.29 is 22.9 Å². The molecule has 1 aromatic heterocycles. The highest BCUT2D eigenvalue weighted by atomic mass is 32.2. The molecule has 2 heterocycles. The number of sulfonamides is 1. The zero-order valence-corrected chi connectivity index (χ0v) is 16.0. The summed E-state index contributed by atoms with van der Waals surface area (Å²) in [5.41, 5.74) is 0.227. The lowest BCUT2D eigenvalue weighted by Crippen LogP contribution is -2.40. The standard InChI is InChI=1S/C16H17N3O6S2/c1-11-2-3-12(10-14(11)19(21)22)27(23,24)17-13-4-9-26-15(13)16(20)18-5-7-25-8-6-18/h2-4,9-10,17H,5-8H2,1H3. The van der Waals surface area contributed by atoms with Crippen molar-refractivity contribution in [2.45, 2.75) is 11.8 Å².